The van der Waals surface area contributed by atoms with Crippen molar-refractivity contribution in [1.29, 1.82) is 0 Å². The number of halogens is 1. The van der Waals surface area contributed by atoms with Crippen molar-refractivity contribution in [1.82, 2.24) is 10.2 Å². The highest BCUT2D eigenvalue weighted by atomic mass is 79.9. The van der Waals surface area contributed by atoms with Gasteiger partial charge in [0.15, 0.2) is 0 Å². The lowest BCUT2D eigenvalue weighted by atomic mass is 9.94. The van der Waals surface area contributed by atoms with Gasteiger partial charge in [-0.25, -0.2) is 0 Å². The molecule has 0 aromatic heterocycles. The van der Waals surface area contributed by atoms with E-state index in [9.17, 15) is 9.59 Å². The summed E-state index contributed by atoms with van der Waals surface area (Å²) >= 11 is 3.34. The van der Waals surface area contributed by atoms with Gasteiger partial charge >= 0.3 is 0 Å². The highest BCUT2D eigenvalue weighted by Gasteiger charge is 2.24. The summed E-state index contributed by atoms with van der Waals surface area (Å²) in [4.78, 5) is 26.4. The third kappa shape index (κ3) is 4.57. The molecule has 1 N–H and O–H groups in total. The van der Waals surface area contributed by atoms with Gasteiger partial charge in [-0.1, -0.05) is 41.3 Å². The molecule has 1 saturated carbocycles. The van der Waals surface area contributed by atoms with E-state index in [1.807, 2.05) is 17.9 Å². The molecule has 1 aromatic carbocycles. The topological polar surface area (TPSA) is 49.4 Å². The molecule has 0 atom stereocenters. The molecule has 0 spiro atoms. The normalized spacial score (nSPS) is 15.4. The lowest BCUT2D eigenvalue weighted by Crippen LogP contribution is -2.46. The summed E-state index contributed by atoms with van der Waals surface area (Å²) in [6.45, 7) is 2.77. The van der Waals surface area contributed by atoms with Gasteiger partial charge in [0.25, 0.3) is 5.91 Å². The van der Waals surface area contributed by atoms with Crippen LogP contribution in [0.4, 0.5) is 0 Å². The van der Waals surface area contributed by atoms with E-state index in [4.69, 9.17) is 0 Å². The van der Waals surface area contributed by atoms with Crippen LogP contribution in [0.5, 0.6) is 0 Å². The fourth-order valence-corrected chi connectivity index (χ4v) is 3.42. The number of hydrogen-bond donors (Lipinski definition) is 1. The first-order valence-electron chi connectivity index (χ1n) is 7.95. The van der Waals surface area contributed by atoms with Crippen LogP contribution in [0.3, 0.4) is 0 Å². The minimum atomic E-state index is -0.214. The molecule has 1 aromatic rings. The fourth-order valence-electron chi connectivity index (χ4n) is 3.02. The maximum atomic E-state index is 12.4. The smallest absolute Gasteiger partial charge is 0.251 e. The van der Waals surface area contributed by atoms with E-state index in [0.29, 0.717) is 18.2 Å². The molecule has 0 saturated heterocycles. The summed E-state index contributed by atoms with van der Waals surface area (Å²) in [5.74, 6) is -0.202. The maximum absolute atomic E-state index is 12.4. The number of carbonyl (C=O) groups is 2. The van der Waals surface area contributed by atoms with Crippen LogP contribution in [-0.2, 0) is 4.79 Å². The molecule has 1 aliphatic rings. The van der Waals surface area contributed by atoms with Crippen LogP contribution in [0.25, 0.3) is 0 Å². The van der Waals surface area contributed by atoms with Gasteiger partial charge in [-0.3, -0.25) is 9.59 Å². The summed E-state index contributed by atoms with van der Waals surface area (Å²) in [5.41, 5.74) is 0.558. The zero-order valence-electron chi connectivity index (χ0n) is 13.0. The molecule has 0 radical (unpaired) electrons. The van der Waals surface area contributed by atoms with E-state index in [2.05, 4.69) is 21.2 Å². The number of amides is 2. The average Bonchev–Trinajstić information content (AvgIpc) is 2.54. The van der Waals surface area contributed by atoms with Gasteiger partial charge in [-0.05, 0) is 38.0 Å². The molecule has 0 bridgehead atoms. The van der Waals surface area contributed by atoms with Gasteiger partial charge in [-0.2, -0.15) is 0 Å². The standard InChI is InChI=1S/C17H23BrN2O2/c1-2-20(15-9-4-3-5-10-15)16(21)12-19-17(22)13-7-6-8-14(18)11-13/h6-8,11,15H,2-5,9-10,12H2,1H3,(H,19,22). The van der Waals surface area contributed by atoms with Gasteiger partial charge in [0.1, 0.15) is 0 Å². The Bertz CT molecular complexity index is 527. The van der Waals surface area contributed by atoms with E-state index >= 15 is 0 Å². The second kappa shape index (κ2) is 8.32. The quantitative estimate of drug-likeness (QED) is 0.868. The lowest BCUT2D eigenvalue weighted by molar-refractivity contribution is -0.132. The van der Waals surface area contributed by atoms with Gasteiger partial charge in [0.05, 0.1) is 6.54 Å². The van der Waals surface area contributed by atoms with Crippen molar-refractivity contribution in [3.63, 3.8) is 0 Å². The van der Waals surface area contributed by atoms with Crippen LogP contribution in [-0.4, -0.2) is 35.8 Å². The van der Waals surface area contributed by atoms with Crippen LogP contribution < -0.4 is 5.32 Å². The van der Waals surface area contributed by atoms with E-state index < -0.39 is 0 Å². The SMILES string of the molecule is CCN(C(=O)CNC(=O)c1cccc(Br)c1)C1CCCCC1. The zero-order chi connectivity index (χ0) is 15.9. The van der Waals surface area contributed by atoms with E-state index in [0.717, 1.165) is 17.3 Å². The average molecular weight is 367 g/mol. The predicted molar refractivity (Wildman–Crippen MR) is 90.7 cm³/mol. The van der Waals surface area contributed by atoms with Crippen LogP contribution in [0, 0.1) is 0 Å². The van der Waals surface area contributed by atoms with Crippen molar-refractivity contribution < 1.29 is 9.59 Å². The first-order valence-corrected chi connectivity index (χ1v) is 8.74. The first-order chi connectivity index (χ1) is 10.6. The predicted octanol–water partition coefficient (Wildman–Crippen LogP) is 3.36. The maximum Gasteiger partial charge on any atom is 0.251 e. The molecule has 1 fully saturated rings. The van der Waals surface area contributed by atoms with E-state index in [-0.39, 0.29) is 18.4 Å². The molecular formula is C17H23BrN2O2. The molecule has 1 aliphatic carbocycles. The lowest BCUT2D eigenvalue weighted by Gasteiger charge is -2.33. The molecule has 0 aliphatic heterocycles. The second-order valence-electron chi connectivity index (χ2n) is 5.66. The number of likely N-dealkylation sites (N-methyl/N-ethyl adjacent to an activating group) is 1. The van der Waals surface area contributed by atoms with Crippen LogP contribution in [0.2, 0.25) is 0 Å². The highest BCUT2D eigenvalue weighted by Crippen LogP contribution is 2.22. The number of nitrogens with zero attached hydrogens (tertiary/aromatic N) is 1. The molecular weight excluding hydrogens is 344 g/mol. The molecule has 120 valence electrons. The summed E-state index contributed by atoms with van der Waals surface area (Å²) in [6, 6.07) is 7.50. The summed E-state index contributed by atoms with van der Waals surface area (Å²) in [6.07, 6.45) is 5.82. The van der Waals surface area contributed by atoms with E-state index in [1.165, 1.54) is 19.3 Å². The van der Waals surface area contributed by atoms with Crippen molar-refractivity contribution in [2.24, 2.45) is 0 Å². The Morgan fingerprint density at radius 3 is 2.64 bits per heavy atom. The minimum absolute atomic E-state index is 0.0118. The molecule has 2 rings (SSSR count). The van der Waals surface area contributed by atoms with Crippen LogP contribution >= 0.6 is 15.9 Å². The second-order valence-corrected chi connectivity index (χ2v) is 6.58. The number of rotatable bonds is 5. The van der Waals surface area contributed by atoms with Crippen molar-refractivity contribution in [3.05, 3.63) is 34.3 Å². The van der Waals surface area contributed by atoms with Crippen LogP contribution in [0.1, 0.15) is 49.4 Å². The largest absolute Gasteiger partial charge is 0.343 e. The Morgan fingerprint density at radius 2 is 2.00 bits per heavy atom. The number of nitrogens with one attached hydrogen (secondary N) is 1. The third-order valence-electron chi connectivity index (χ3n) is 4.16. The molecule has 5 heteroatoms. The fraction of sp³-hybridized carbons (Fsp3) is 0.529. The van der Waals surface area contributed by atoms with Crippen LogP contribution in [0.15, 0.2) is 28.7 Å². The van der Waals surface area contributed by atoms with Gasteiger partial charge < -0.3 is 10.2 Å². The summed E-state index contributed by atoms with van der Waals surface area (Å²) < 4.78 is 0.851. The Balaban J connectivity index is 1.89. The summed E-state index contributed by atoms with van der Waals surface area (Å²) in [5, 5.41) is 2.73. The Labute approximate surface area is 140 Å². The molecule has 0 heterocycles. The van der Waals surface area contributed by atoms with Crippen molar-refractivity contribution in [3.8, 4) is 0 Å². The van der Waals surface area contributed by atoms with Gasteiger partial charge in [0, 0.05) is 22.6 Å². The molecule has 2 amide bonds. The zero-order valence-corrected chi connectivity index (χ0v) is 14.6. The minimum Gasteiger partial charge on any atom is -0.343 e. The Kier molecular flexibility index (Phi) is 6.43. The number of hydrogen-bond acceptors (Lipinski definition) is 2. The van der Waals surface area contributed by atoms with Crippen molar-refractivity contribution in [2.45, 2.75) is 45.1 Å². The van der Waals surface area contributed by atoms with Crippen molar-refractivity contribution >= 4 is 27.7 Å². The first kappa shape index (κ1) is 17.0. The number of carbonyl (C=O) groups excluding carboxylic acids is 2. The third-order valence-corrected chi connectivity index (χ3v) is 4.66. The van der Waals surface area contributed by atoms with Crippen molar-refractivity contribution in [2.75, 3.05) is 13.1 Å². The van der Waals surface area contributed by atoms with Gasteiger partial charge in [-0.15, -0.1) is 0 Å². The summed E-state index contributed by atoms with van der Waals surface area (Å²) in [7, 11) is 0. The van der Waals surface area contributed by atoms with E-state index in [1.54, 1.807) is 18.2 Å². The highest BCUT2D eigenvalue weighted by molar-refractivity contribution is 9.10. The molecule has 4 nitrogen and oxygen atoms in total. The molecule has 0 unspecified atom stereocenters. The number of benzene rings is 1. The molecule has 22 heavy (non-hydrogen) atoms. The monoisotopic (exact) mass is 366 g/mol. The Morgan fingerprint density at radius 1 is 1.27 bits per heavy atom. The Hall–Kier alpha value is -1.36. The van der Waals surface area contributed by atoms with Gasteiger partial charge in [0.2, 0.25) is 5.91 Å².